The Morgan fingerprint density at radius 2 is 1.21 bits per heavy atom. The van der Waals surface area contributed by atoms with Crippen LogP contribution in [-0.2, 0) is 10.1 Å². The topological polar surface area (TPSA) is 137 Å². The largest absolute Gasteiger partial charge is 0.534 e. The minimum Gasteiger partial charge on any atom is -0.503 e. The molecule has 0 saturated carbocycles. The van der Waals surface area contributed by atoms with Gasteiger partial charge < -0.3 is 18.1 Å². The number of nitrogens with zero attached hydrogens (tertiary/aromatic N) is 2. The first-order valence-corrected chi connectivity index (χ1v) is 12.3. The van der Waals surface area contributed by atoms with Gasteiger partial charge >= 0.3 is 15.6 Å². The van der Waals surface area contributed by atoms with Gasteiger partial charge in [0.05, 0.1) is 11.1 Å². The van der Waals surface area contributed by atoms with Crippen molar-refractivity contribution in [3.8, 4) is 23.6 Å². The van der Waals surface area contributed by atoms with E-state index in [9.17, 15) is 26.7 Å². The highest BCUT2D eigenvalue weighted by Gasteiger charge is 2.49. The summed E-state index contributed by atoms with van der Waals surface area (Å²) in [5.74, 6) is -0.866. The molecule has 6 aromatic rings. The van der Waals surface area contributed by atoms with Crippen molar-refractivity contribution < 1.29 is 39.7 Å². The molecule has 0 saturated heterocycles. The zero-order valence-electron chi connectivity index (χ0n) is 19.4. The zero-order valence-corrected chi connectivity index (χ0v) is 20.2. The van der Waals surface area contributed by atoms with Crippen LogP contribution in [0.1, 0.15) is 11.1 Å². The summed E-state index contributed by atoms with van der Waals surface area (Å²) in [7, 11) is -5.92. The molecule has 0 amide bonds. The van der Waals surface area contributed by atoms with Crippen LogP contribution < -0.4 is 4.18 Å². The lowest BCUT2D eigenvalue weighted by molar-refractivity contribution is -0.0499. The monoisotopic (exact) mass is 550 g/mol. The van der Waals surface area contributed by atoms with Crippen molar-refractivity contribution in [2.75, 3.05) is 0 Å². The van der Waals surface area contributed by atoms with Gasteiger partial charge in [-0.05, 0) is 36.4 Å². The van der Waals surface area contributed by atoms with Crippen LogP contribution in [0.5, 0.6) is 11.5 Å². The van der Waals surface area contributed by atoms with Gasteiger partial charge in [0.15, 0.2) is 16.9 Å². The quantitative estimate of drug-likeness (QED) is 0.183. The fraction of sp³-hybridized carbons (Fsp3) is 0.0370. The molecule has 194 valence electrons. The maximum atomic E-state index is 12.5. The number of benzene rings is 4. The van der Waals surface area contributed by atoms with E-state index in [0.717, 1.165) is 10.8 Å². The van der Waals surface area contributed by atoms with Crippen LogP contribution in [0.4, 0.5) is 13.2 Å². The molecule has 0 bridgehead atoms. The molecule has 0 aliphatic heterocycles. The van der Waals surface area contributed by atoms with Crippen LogP contribution in [0.25, 0.3) is 43.9 Å². The summed E-state index contributed by atoms with van der Waals surface area (Å²) in [6, 6.07) is 23.6. The molecule has 39 heavy (non-hydrogen) atoms. The predicted molar refractivity (Wildman–Crippen MR) is 134 cm³/mol. The van der Waals surface area contributed by atoms with Crippen molar-refractivity contribution in [3.05, 3.63) is 83.9 Å². The van der Waals surface area contributed by atoms with Crippen molar-refractivity contribution in [2.45, 2.75) is 5.51 Å². The normalized spacial score (nSPS) is 11.7. The maximum absolute atomic E-state index is 12.5. The molecule has 2 aromatic heterocycles. The third-order valence-electron chi connectivity index (χ3n) is 5.74. The van der Waals surface area contributed by atoms with Crippen molar-refractivity contribution in [1.82, 2.24) is 0 Å². The average Bonchev–Trinajstić information content (AvgIpc) is 3.48. The van der Waals surface area contributed by atoms with Gasteiger partial charge in [0, 0.05) is 21.5 Å². The maximum Gasteiger partial charge on any atom is 0.534 e. The van der Waals surface area contributed by atoms with E-state index in [1.807, 2.05) is 30.3 Å². The number of hydrogen-bond acceptors (Lipinski definition) is 8. The lowest BCUT2D eigenvalue weighted by Gasteiger charge is -2.10. The molecular weight excluding hydrogens is 537 g/mol. The van der Waals surface area contributed by atoms with Crippen molar-refractivity contribution in [2.24, 2.45) is 0 Å². The van der Waals surface area contributed by atoms with Crippen LogP contribution in [0.2, 0.25) is 0 Å². The highest BCUT2D eigenvalue weighted by Crippen LogP contribution is 2.39. The van der Waals surface area contributed by atoms with Crippen LogP contribution in [0.15, 0.2) is 81.6 Å². The summed E-state index contributed by atoms with van der Waals surface area (Å²) in [6.07, 6.45) is 0. The Morgan fingerprint density at radius 3 is 1.74 bits per heavy atom. The second-order valence-corrected chi connectivity index (χ2v) is 9.60. The molecule has 0 aliphatic carbocycles. The third-order valence-corrected chi connectivity index (χ3v) is 6.69. The smallest absolute Gasteiger partial charge is 0.503 e. The minimum atomic E-state index is -5.92. The molecule has 1 N–H and O–H groups in total. The van der Waals surface area contributed by atoms with E-state index in [4.69, 9.17) is 19.4 Å². The number of fused-ring (bicyclic) bond motifs is 6. The van der Waals surface area contributed by atoms with E-state index in [1.54, 1.807) is 42.5 Å². The Balaban J connectivity index is 0.000000168. The number of halogens is 3. The Kier molecular flexibility index (Phi) is 6.05. The number of para-hydroxylation sites is 2. The van der Waals surface area contributed by atoms with Crippen molar-refractivity contribution >= 4 is 54.0 Å². The molecule has 0 unspecified atom stereocenters. The van der Waals surface area contributed by atoms with Gasteiger partial charge in [0.25, 0.3) is 0 Å². The Bertz CT molecular complexity index is 2100. The van der Waals surface area contributed by atoms with Gasteiger partial charge in [0.1, 0.15) is 23.3 Å². The summed E-state index contributed by atoms with van der Waals surface area (Å²) in [6.45, 7) is 0. The molecule has 0 fully saturated rings. The fourth-order valence-electron chi connectivity index (χ4n) is 3.96. The van der Waals surface area contributed by atoms with E-state index < -0.39 is 21.4 Å². The second kappa shape index (κ2) is 9.28. The van der Waals surface area contributed by atoms with Gasteiger partial charge in [-0.2, -0.15) is 32.1 Å². The lowest BCUT2D eigenvalue weighted by Crippen LogP contribution is -2.28. The van der Waals surface area contributed by atoms with Gasteiger partial charge in [-0.3, -0.25) is 0 Å². The molecular formula is C27H13F3N2O6S. The summed E-state index contributed by atoms with van der Waals surface area (Å²) < 4.78 is 75.2. The van der Waals surface area contributed by atoms with Crippen molar-refractivity contribution in [3.63, 3.8) is 0 Å². The number of furan rings is 2. The SMILES string of the molecule is N#Cc1ccc2c(oc3ccccc32)c1O.N#Cc1ccc2c(oc3ccccc32)c1OS(=O)(=O)C(F)(F)F. The Morgan fingerprint density at radius 1 is 0.718 bits per heavy atom. The van der Waals surface area contributed by atoms with E-state index >= 15 is 0 Å². The first-order chi connectivity index (χ1) is 18.6. The molecule has 0 aliphatic rings. The molecule has 4 aromatic carbocycles. The van der Waals surface area contributed by atoms with Gasteiger partial charge in [-0.25, -0.2) is 0 Å². The van der Waals surface area contributed by atoms with Crippen LogP contribution in [0, 0.1) is 22.7 Å². The Hall–Kier alpha value is -5.20. The second-order valence-electron chi connectivity index (χ2n) is 8.06. The highest BCUT2D eigenvalue weighted by molar-refractivity contribution is 7.88. The van der Waals surface area contributed by atoms with Gasteiger partial charge in [0.2, 0.25) is 5.75 Å². The molecule has 0 radical (unpaired) electrons. The molecule has 6 rings (SSSR count). The van der Waals surface area contributed by atoms with Crippen LogP contribution in [0.3, 0.4) is 0 Å². The predicted octanol–water partition coefficient (Wildman–Crippen LogP) is 6.85. The Labute approximate surface area is 217 Å². The zero-order chi connectivity index (χ0) is 27.9. The van der Waals surface area contributed by atoms with Crippen LogP contribution in [-0.4, -0.2) is 19.0 Å². The van der Waals surface area contributed by atoms with Gasteiger partial charge in [-0.15, -0.1) is 0 Å². The fourth-order valence-corrected chi connectivity index (χ4v) is 4.44. The summed E-state index contributed by atoms with van der Waals surface area (Å²) in [5, 5.41) is 30.3. The molecule has 0 atom stereocenters. The molecule has 0 spiro atoms. The molecule has 8 nitrogen and oxygen atoms in total. The average molecular weight is 550 g/mol. The first kappa shape index (κ1) is 25.4. The summed E-state index contributed by atoms with van der Waals surface area (Å²) >= 11 is 0. The number of hydrogen-bond donors (Lipinski definition) is 1. The van der Waals surface area contributed by atoms with Gasteiger partial charge in [-0.1, -0.05) is 36.4 Å². The molecule has 2 heterocycles. The van der Waals surface area contributed by atoms with Crippen molar-refractivity contribution in [1.29, 1.82) is 10.5 Å². The summed E-state index contributed by atoms with van der Waals surface area (Å²) in [5.41, 5.74) is -4.60. The van der Waals surface area contributed by atoms with E-state index in [1.165, 1.54) is 12.1 Å². The number of rotatable bonds is 2. The lowest BCUT2D eigenvalue weighted by atomic mass is 10.1. The number of aromatic hydroxyl groups is 1. The standard InChI is InChI=1S/C14H6F3NO4S.C13H7NO2/c15-14(16,17)23(19,20)22-12-8(7-18)5-6-10-9-3-1-2-4-11(9)21-13(10)12;14-7-8-5-6-10-9-3-1-2-4-11(9)16-13(10)12(8)15/h1-6H;1-6,15H. The van der Waals surface area contributed by atoms with Crippen LogP contribution >= 0.6 is 0 Å². The number of nitriles is 2. The number of alkyl halides is 3. The first-order valence-electron chi connectivity index (χ1n) is 10.9. The van der Waals surface area contributed by atoms with E-state index in [-0.39, 0.29) is 22.5 Å². The van der Waals surface area contributed by atoms with E-state index in [0.29, 0.717) is 27.5 Å². The van der Waals surface area contributed by atoms with E-state index in [2.05, 4.69) is 4.18 Å². The summed E-state index contributed by atoms with van der Waals surface area (Å²) in [4.78, 5) is 0. The molecule has 12 heteroatoms. The highest BCUT2D eigenvalue weighted by atomic mass is 32.2. The number of phenolic OH excluding ortho intramolecular Hbond substituents is 1. The minimum absolute atomic E-state index is 0.0869. The third kappa shape index (κ3) is 4.33. The number of phenols is 1.